The van der Waals surface area contributed by atoms with Crippen LogP contribution in [0.3, 0.4) is 0 Å². The van der Waals surface area contributed by atoms with Gasteiger partial charge in [0.1, 0.15) is 0 Å². The highest BCUT2D eigenvalue weighted by molar-refractivity contribution is 7.33. The van der Waals surface area contributed by atoms with E-state index in [9.17, 15) is 0 Å². The average molecular weight is 118 g/mol. The molecule has 0 atom stereocenters. The number of rotatable bonds is 1. The SMILES string of the molecule is C[Si](C)(C)C=P. The fourth-order valence-corrected chi connectivity index (χ4v) is 0. The van der Waals surface area contributed by atoms with Gasteiger partial charge in [-0.05, 0) is 0 Å². The second-order valence-electron chi connectivity index (χ2n) is 2.51. The molecule has 0 unspecified atom stereocenters. The quantitative estimate of drug-likeness (QED) is 0.364. The van der Waals surface area contributed by atoms with Gasteiger partial charge in [-0.15, -0.1) is 8.86 Å². The normalized spacial score (nSPS) is 11.2. The summed E-state index contributed by atoms with van der Waals surface area (Å²) >= 11 is 0. The highest BCUT2D eigenvalue weighted by Gasteiger charge is 2.04. The Bertz CT molecular complexity index is 53.1. The van der Waals surface area contributed by atoms with Crippen molar-refractivity contribution in [3.8, 4) is 0 Å². The van der Waals surface area contributed by atoms with Crippen molar-refractivity contribution < 1.29 is 0 Å². The number of hydrogen-bond donors (Lipinski definition) is 0. The van der Waals surface area contributed by atoms with Crippen LogP contribution in [0.15, 0.2) is 0 Å². The summed E-state index contributed by atoms with van der Waals surface area (Å²) in [6, 6.07) is 0. The predicted octanol–water partition coefficient (Wildman–Crippen LogP) is 1.81. The molecule has 6 heavy (non-hydrogen) atoms. The first-order valence-electron chi connectivity index (χ1n) is 2.08. The van der Waals surface area contributed by atoms with Crippen LogP contribution in [0.4, 0.5) is 0 Å². The molecule has 0 amide bonds. The lowest BCUT2D eigenvalue weighted by Crippen LogP contribution is -2.19. The molecule has 2 heteroatoms. The van der Waals surface area contributed by atoms with Gasteiger partial charge in [0.2, 0.25) is 0 Å². The van der Waals surface area contributed by atoms with Crippen molar-refractivity contribution in [1.82, 2.24) is 0 Å². The van der Waals surface area contributed by atoms with Gasteiger partial charge >= 0.3 is 0 Å². The first-order valence-corrected chi connectivity index (χ1v) is 6.23. The van der Waals surface area contributed by atoms with Gasteiger partial charge in [-0.2, -0.15) is 0 Å². The summed E-state index contributed by atoms with van der Waals surface area (Å²) in [7, 11) is 2.51. The maximum atomic E-state index is 3.35. The molecule has 36 valence electrons. The third-order valence-corrected chi connectivity index (χ3v) is 3.90. The molecule has 0 radical (unpaired) electrons. The van der Waals surface area contributed by atoms with Gasteiger partial charge in [0.05, 0.1) is 8.07 Å². The molecular weight excluding hydrogens is 107 g/mol. The maximum Gasteiger partial charge on any atom is 0.0734 e. The van der Waals surface area contributed by atoms with Gasteiger partial charge in [-0.3, -0.25) is 0 Å². The molecule has 0 rings (SSSR count). The largest absolute Gasteiger partial charge is 0.131 e. The second kappa shape index (κ2) is 1.90. The van der Waals surface area contributed by atoms with E-state index < -0.39 is 8.07 Å². The number of hydrogen-bond acceptors (Lipinski definition) is 0. The Balaban J connectivity index is 3.45. The minimum absolute atomic E-state index is 0.843. The van der Waals surface area contributed by atoms with E-state index in [1.807, 2.05) is 0 Å². The Morgan fingerprint density at radius 2 is 1.50 bits per heavy atom. The van der Waals surface area contributed by atoms with Crippen molar-refractivity contribution in [3.63, 3.8) is 0 Å². The lowest BCUT2D eigenvalue weighted by atomic mass is 11.8. The minimum atomic E-state index is -0.843. The predicted molar refractivity (Wildman–Crippen MR) is 37.7 cm³/mol. The zero-order valence-corrected chi connectivity index (χ0v) is 6.58. The van der Waals surface area contributed by atoms with Crippen LogP contribution in [0.1, 0.15) is 0 Å². The first kappa shape index (κ1) is 6.39. The highest BCUT2D eigenvalue weighted by atomic mass is 31.0. The standard InChI is InChI=1S/C4H11PSi/c1-6(2,3)4-5/h4-5H,1-3H3. The van der Waals surface area contributed by atoms with Gasteiger partial charge in [-0.1, -0.05) is 25.1 Å². The summed E-state index contributed by atoms with van der Waals surface area (Å²) in [5.74, 6) is 0. The summed E-state index contributed by atoms with van der Waals surface area (Å²) in [6.07, 6.45) is 0. The lowest BCUT2D eigenvalue weighted by molar-refractivity contribution is 1.86. The van der Waals surface area contributed by atoms with Crippen molar-refractivity contribution in [3.05, 3.63) is 0 Å². The third kappa shape index (κ3) is 4.39. The van der Waals surface area contributed by atoms with Gasteiger partial charge in [0, 0.05) is 0 Å². The molecule has 0 spiro atoms. The van der Waals surface area contributed by atoms with Crippen LogP contribution in [0.2, 0.25) is 19.6 Å². The molecule has 0 aromatic carbocycles. The summed E-state index contributed by atoms with van der Waals surface area (Å²) in [5.41, 5.74) is 2.13. The smallest absolute Gasteiger partial charge is 0.0734 e. The highest BCUT2D eigenvalue weighted by Crippen LogP contribution is 1.94. The molecule has 0 bridgehead atoms. The zero-order valence-electron chi connectivity index (χ0n) is 4.58. The zero-order chi connectivity index (χ0) is 5.21. The molecule has 0 heterocycles. The van der Waals surface area contributed by atoms with Crippen molar-refractivity contribution >= 4 is 22.4 Å². The van der Waals surface area contributed by atoms with Gasteiger partial charge < -0.3 is 0 Å². The van der Waals surface area contributed by atoms with Crippen LogP contribution in [0.5, 0.6) is 0 Å². The van der Waals surface area contributed by atoms with Gasteiger partial charge in [0.15, 0.2) is 0 Å². The van der Waals surface area contributed by atoms with E-state index in [4.69, 9.17) is 0 Å². The molecule has 0 aliphatic carbocycles. The van der Waals surface area contributed by atoms with Gasteiger partial charge in [0.25, 0.3) is 0 Å². The molecule has 0 N–H and O–H groups in total. The fourth-order valence-electron chi connectivity index (χ4n) is 0. The summed E-state index contributed by atoms with van der Waals surface area (Å²) < 4.78 is 0. The van der Waals surface area contributed by atoms with E-state index in [2.05, 4.69) is 33.9 Å². The molecule has 0 aromatic heterocycles. The molecule has 0 aromatic rings. The van der Waals surface area contributed by atoms with Crippen LogP contribution in [-0.2, 0) is 0 Å². The van der Waals surface area contributed by atoms with E-state index in [0.717, 1.165) is 0 Å². The first-order chi connectivity index (χ1) is 2.56. The Morgan fingerprint density at radius 3 is 1.50 bits per heavy atom. The van der Waals surface area contributed by atoms with Crippen LogP contribution in [0.25, 0.3) is 0 Å². The average Bonchev–Trinajstić information content (AvgIpc) is 1.35. The van der Waals surface area contributed by atoms with Crippen molar-refractivity contribution in [2.45, 2.75) is 19.6 Å². The fraction of sp³-hybridized carbons (Fsp3) is 0.750. The Kier molecular flexibility index (Phi) is 2.02. The van der Waals surface area contributed by atoms with Crippen LogP contribution in [0, 0.1) is 0 Å². The van der Waals surface area contributed by atoms with E-state index in [1.54, 1.807) is 0 Å². The van der Waals surface area contributed by atoms with E-state index in [-0.39, 0.29) is 0 Å². The molecule has 0 aliphatic rings. The summed E-state index contributed by atoms with van der Waals surface area (Å²) in [4.78, 5) is 0. The Morgan fingerprint density at radius 1 is 1.33 bits per heavy atom. The van der Waals surface area contributed by atoms with Crippen LogP contribution < -0.4 is 0 Å². The van der Waals surface area contributed by atoms with E-state index >= 15 is 0 Å². The molecule has 0 saturated heterocycles. The lowest BCUT2D eigenvalue weighted by Gasteiger charge is -2.04. The molecule has 0 saturated carbocycles. The van der Waals surface area contributed by atoms with E-state index in [1.165, 1.54) is 0 Å². The molecular formula is C4H11PSi. The van der Waals surface area contributed by atoms with Crippen LogP contribution >= 0.6 is 8.86 Å². The van der Waals surface area contributed by atoms with Crippen molar-refractivity contribution in [1.29, 1.82) is 0 Å². The monoisotopic (exact) mass is 118 g/mol. The molecule has 0 nitrogen and oxygen atoms in total. The minimum Gasteiger partial charge on any atom is -0.131 e. The van der Waals surface area contributed by atoms with Crippen molar-refractivity contribution in [2.24, 2.45) is 0 Å². The second-order valence-corrected chi connectivity index (χ2v) is 8.40. The van der Waals surface area contributed by atoms with Crippen molar-refractivity contribution in [2.75, 3.05) is 0 Å². The molecule has 0 aliphatic heterocycles. The summed E-state index contributed by atoms with van der Waals surface area (Å²) in [6.45, 7) is 6.83. The van der Waals surface area contributed by atoms with E-state index in [0.29, 0.717) is 0 Å². The summed E-state index contributed by atoms with van der Waals surface area (Å²) in [5, 5.41) is 0. The Hall–Kier alpha value is 0.387. The van der Waals surface area contributed by atoms with Crippen LogP contribution in [-0.4, -0.2) is 13.5 Å². The van der Waals surface area contributed by atoms with Gasteiger partial charge in [-0.25, -0.2) is 0 Å². The maximum absolute atomic E-state index is 3.35. The molecule has 0 fully saturated rings. The third-order valence-electron chi connectivity index (χ3n) is 0.433. The topological polar surface area (TPSA) is 0 Å². The Labute approximate surface area is 42.8 Å².